The molecule has 0 saturated heterocycles. The lowest BCUT2D eigenvalue weighted by atomic mass is 9.77. The summed E-state index contributed by atoms with van der Waals surface area (Å²) in [4.78, 5) is 0. The highest BCUT2D eigenvalue weighted by Gasteiger charge is 2.48. The zero-order valence-corrected chi connectivity index (χ0v) is 19.0. The molecule has 0 amide bonds. The fraction of sp³-hybridized carbons (Fsp3) is 1.00. The summed E-state index contributed by atoms with van der Waals surface area (Å²) >= 11 is 0. The summed E-state index contributed by atoms with van der Waals surface area (Å²) in [5.41, 5.74) is 1.57. The van der Waals surface area contributed by atoms with Gasteiger partial charge >= 0.3 is 0 Å². The smallest absolute Gasteiger partial charge is 0.00891 e. The third-order valence-electron chi connectivity index (χ3n) is 7.09. The van der Waals surface area contributed by atoms with E-state index in [0.29, 0.717) is 10.6 Å². The zero-order chi connectivity index (χ0) is 18.2. The maximum atomic E-state index is 2.65. The van der Waals surface area contributed by atoms with Crippen LogP contribution >= 0.6 is 7.92 Å². The van der Waals surface area contributed by atoms with Gasteiger partial charge in [0.2, 0.25) is 0 Å². The number of unbranched alkanes of at least 4 members (excludes halogenated alkanes) is 3. The summed E-state index contributed by atoms with van der Waals surface area (Å²) in [5, 5.41) is 0.707. The van der Waals surface area contributed by atoms with Crippen molar-refractivity contribution in [2.75, 3.05) is 6.66 Å². The van der Waals surface area contributed by atoms with E-state index in [1.54, 1.807) is 0 Å². The van der Waals surface area contributed by atoms with Gasteiger partial charge < -0.3 is 0 Å². The van der Waals surface area contributed by atoms with Crippen LogP contribution in [0.5, 0.6) is 0 Å². The van der Waals surface area contributed by atoms with E-state index in [1.807, 2.05) is 0 Å². The largest absolute Gasteiger partial charge is 0.101 e. The Morgan fingerprint density at radius 3 is 2.21 bits per heavy atom. The van der Waals surface area contributed by atoms with Gasteiger partial charge in [0, 0.05) is 0 Å². The van der Waals surface area contributed by atoms with E-state index in [1.165, 1.54) is 77.0 Å². The van der Waals surface area contributed by atoms with Gasteiger partial charge in [0.1, 0.15) is 0 Å². The first-order chi connectivity index (χ1) is 11.3. The molecule has 0 aliphatic heterocycles. The monoisotopic (exact) mass is 354 g/mol. The highest BCUT2D eigenvalue weighted by atomic mass is 31.1. The van der Waals surface area contributed by atoms with Gasteiger partial charge in [-0.3, -0.25) is 0 Å². The molecule has 0 bridgehead atoms. The van der Waals surface area contributed by atoms with Crippen molar-refractivity contribution in [1.29, 1.82) is 0 Å². The average Bonchev–Trinajstić information content (AvgIpc) is 2.89. The van der Waals surface area contributed by atoms with E-state index >= 15 is 0 Å². The molecule has 1 fully saturated rings. The quantitative estimate of drug-likeness (QED) is 0.243. The van der Waals surface area contributed by atoms with Crippen molar-refractivity contribution in [2.45, 2.75) is 129 Å². The first-order valence-electron chi connectivity index (χ1n) is 11.1. The molecule has 0 aromatic rings. The molecule has 0 radical (unpaired) electrons. The molecular weight excluding hydrogens is 307 g/mol. The lowest BCUT2D eigenvalue weighted by molar-refractivity contribution is 0.238. The van der Waals surface area contributed by atoms with E-state index in [2.05, 4.69) is 48.2 Å². The Morgan fingerprint density at radius 2 is 1.62 bits per heavy atom. The van der Waals surface area contributed by atoms with Crippen LogP contribution in [0.15, 0.2) is 0 Å². The van der Waals surface area contributed by atoms with Gasteiger partial charge in [-0.1, -0.05) is 80.1 Å². The number of hydrogen-bond donors (Lipinski definition) is 0. The SMILES string of the molecule is CCCCCC(C)CC1(C)CCC(CCCC)(P(C)C(C)CC)C1. The predicted molar refractivity (Wildman–Crippen MR) is 115 cm³/mol. The van der Waals surface area contributed by atoms with Crippen molar-refractivity contribution >= 4 is 7.92 Å². The van der Waals surface area contributed by atoms with E-state index in [4.69, 9.17) is 0 Å². The molecule has 1 saturated carbocycles. The van der Waals surface area contributed by atoms with Gasteiger partial charge in [-0.2, -0.15) is 0 Å². The Bertz CT molecular complexity index is 339. The fourth-order valence-electron chi connectivity index (χ4n) is 5.30. The molecule has 0 spiro atoms. The Kier molecular flexibility index (Phi) is 9.88. The minimum Gasteiger partial charge on any atom is -0.101 e. The number of hydrogen-bond acceptors (Lipinski definition) is 0. The topological polar surface area (TPSA) is 0 Å². The molecule has 1 aliphatic carbocycles. The van der Waals surface area contributed by atoms with Gasteiger partial charge in [0.05, 0.1) is 0 Å². The molecule has 1 aliphatic rings. The highest BCUT2D eigenvalue weighted by Crippen LogP contribution is 2.66. The van der Waals surface area contributed by atoms with Gasteiger partial charge in [-0.15, -0.1) is 7.92 Å². The first kappa shape index (κ1) is 22.5. The summed E-state index contributed by atoms with van der Waals surface area (Å²) in [5.74, 6) is 0.926. The van der Waals surface area contributed by atoms with Crippen LogP contribution in [-0.4, -0.2) is 17.5 Å². The molecule has 5 atom stereocenters. The van der Waals surface area contributed by atoms with E-state index in [9.17, 15) is 0 Å². The molecular formula is C23H47P. The van der Waals surface area contributed by atoms with Crippen molar-refractivity contribution in [3.05, 3.63) is 0 Å². The molecule has 0 N–H and O–H groups in total. The van der Waals surface area contributed by atoms with Crippen LogP contribution in [-0.2, 0) is 0 Å². The molecule has 1 rings (SSSR count). The molecule has 5 unspecified atom stereocenters. The normalized spacial score (nSPS) is 31.1. The second kappa shape index (κ2) is 10.5. The van der Waals surface area contributed by atoms with Crippen LogP contribution in [0.1, 0.15) is 119 Å². The summed E-state index contributed by atoms with van der Waals surface area (Å²) < 4.78 is 0. The minimum absolute atomic E-state index is 0.164. The Balaban J connectivity index is 2.73. The van der Waals surface area contributed by atoms with Crippen molar-refractivity contribution in [1.82, 2.24) is 0 Å². The third-order valence-corrected chi connectivity index (χ3v) is 10.9. The molecule has 0 nitrogen and oxygen atoms in total. The van der Waals surface area contributed by atoms with E-state index in [-0.39, 0.29) is 7.92 Å². The molecule has 0 aromatic heterocycles. The van der Waals surface area contributed by atoms with Crippen molar-refractivity contribution < 1.29 is 0 Å². The number of rotatable bonds is 12. The van der Waals surface area contributed by atoms with Crippen molar-refractivity contribution in [2.24, 2.45) is 11.3 Å². The average molecular weight is 355 g/mol. The van der Waals surface area contributed by atoms with Crippen LogP contribution in [0.3, 0.4) is 0 Å². The summed E-state index contributed by atoms with van der Waals surface area (Å²) in [6, 6.07) is 0. The van der Waals surface area contributed by atoms with E-state index < -0.39 is 0 Å². The summed E-state index contributed by atoms with van der Waals surface area (Å²) in [6.45, 7) is 17.4. The van der Waals surface area contributed by atoms with Crippen LogP contribution in [0, 0.1) is 11.3 Å². The molecule has 0 heterocycles. The maximum absolute atomic E-state index is 2.65. The minimum atomic E-state index is 0.164. The van der Waals surface area contributed by atoms with Gasteiger partial charge in [0.15, 0.2) is 0 Å². The fourth-order valence-corrected chi connectivity index (χ4v) is 8.39. The molecule has 0 aromatic carbocycles. The van der Waals surface area contributed by atoms with Crippen molar-refractivity contribution in [3.8, 4) is 0 Å². The van der Waals surface area contributed by atoms with Crippen LogP contribution in [0.2, 0.25) is 0 Å². The highest BCUT2D eigenvalue weighted by molar-refractivity contribution is 7.59. The van der Waals surface area contributed by atoms with Gasteiger partial charge in [-0.05, 0) is 67.3 Å². The van der Waals surface area contributed by atoms with Crippen LogP contribution in [0.25, 0.3) is 0 Å². The second-order valence-corrected chi connectivity index (χ2v) is 12.5. The molecule has 24 heavy (non-hydrogen) atoms. The predicted octanol–water partition coefficient (Wildman–Crippen LogP) is 8.62. The summed E-state index contributed by atoms with van der Waals surface area (Å²) in [7, 11) is 0.164. The Labute approximate surface area is 155 Å². The summed E-state index contributed by atoms with van der Waals surface area (Å²) in [6.07, 6.45) is 17.4. The van der Waals surface area contributed by atoms with Crippen LogP contribution in [0.4, 0.5) is 0 Å². The van der Waals surface area contributed by atoms with Crippen LogP contribution < -0.4 is 0 Å². The van der Waals surface area contributed by atoms with E-state index in [0.717, 1.165) is 11.6 Å². The lowest BCUT2D eigenvalue weighted by Gasteiger charge is -2.41. The van der Waals surface area contributed by atoms with Crippen molar-refractivity contribution in [3.63, 3.8) is 0 Å². The van der Waals surface area contributed by atoms with Gasteiger partial charge in [-0.25, -0.2) is 0 Å². The molecule has 144 valence electrons. The first-order valence-corrected chi connectivity index (χ1v) is 12.9. The second-order valence-electron chi connectivity index (χ2n) is 9.49. The third kappa shape index (κ3) is 6.30. The Morgan fingerprint density at radius 1 is 0.958 bits per heavy atom. The van der Waals surface area contributed by atoms with Gasteiger partial charge in [0.25, 0.3) is 0 Å². The Hall–Kier alpha value is 0.430. The maximum Gasteiger partial charge on any atom is -0.00891 e. The lowest BCUT2D eigenvalue weighted by Crippen LogP contribution is -2.29. The molecule has 1 heteroatoms. The standard InChI is InChI=1S/C23H47P/c1-8-11-13-14-20(4)18-22(6)16-17-23(19-22,15-12-9-2)24(7)21(5)10-3/h20-21H,8-19H2,1-7H3. The zero-order valence-electron chi connectivity index (χ0n) is 18.1.